The molecule has 0 spiro atoms. The van der Waals surface area contributed by atoms with Gasteiger partial charge in [-0.25, -0.2) is 15.0 Å². The number of para-hydroxylation sites is 1. The molecule has 10 rings (SSSR count). The summed E-state index contributed by atoms with van der Waals surface area (Å²) >= 11 is 0. The van der Waals surface area contributed by atoms with Crippen LogP contribution in [0.25, 0.3) is 83.3 Å². The number of pyridine rings is 1. The number of hydrogen-bond acceptors (Lipinski definition) is 5. The molecule has 0 fully saturated rings. The summed E-state index contributed by atoms with van der Waals surface area (Å²) in [5, 5.41) is 4.53. The van der Waals surface area contributed by atoms with E-state index in [1.165, 1.54) is 38.6 Å². The second-order valence-electron chi connectivity index (χ2n) is 11.8. The Morgan fingerprint density at radius 1 is 0.622 bits per heavy atom. The average Bonchev–Trinajstić information content (AvgIpc) is 3.65. The van der Waals surface area contributed by atoms with Crippen molar-refractivity contribution in [3.8, 4) is 45.0 Å². The van der Waals surface area contributed by atoms with Gasteiger partial charge in [0.15, 0.2) is 23.1 Å². The molecular weight excluding hydrogens is 552 g/mol. The summed E-state index contributed by atoms with van der Waals surface area (Å²) in [6, 6.07) is 27.7. The Morgan fingerprint density at radius 2 is 1.47 bits per heavy atom. The van der Waals surface area contributed by atoms with E-state index in [-0.39, 0.29) is 0 Å². The summed E-state index contributed by atoms with van der Waals surface area (Å²) < 4.78 is 6.18. The predicted molar refractivity (Wildman–Crippen MR) is 180 cm³/mol. The zero-order valence-corrected chi connectivity index (χ0v) is 24.1. The van der Waals surface area contributed by atoms with Crippen molar-refractivity contribution >= 4 is 38.3 Å². The quantitative estimate of drug-likeness (QED) is 0.209. The van der Waals surface area contributed by atoms with Crippen molar-refractivity contribution in [2.24, 2.45) is 5.92 Å². The van der Waals surface area contributed by atoms with Gasteiger partial charge in [0.1, 0.15) is 5.58 Å². The lowest BCUT2D eigenvalue weighted by molar-refractivity contribution is 0.667. The van der Waals surface area contributed by atoms with Crippen molar-refractivity contribution in [3.05, 3.63) is 139 Å². The van der Waals surface area contributed by atoms with E-state index in [2.05, 4.69) is 102 Å². The number of aromatic nitrogens is 4. The van der Waals surface area contributed by atoms with Gasteiger partial charge in [-0.2, -0.15) is 0 Å². The van der Waals surface area contributed by atoms with E-state index in [1.807, 2.05) is 24.4 Å². The van der Waals surface area contributed by atoms with Crippen LogP contribution in [0.15, 0.2) is 138 Å². The first-order valence-corrected chi connectivity index (χ1v) is 15.2. The third kappa shape index (κ3) is 3.67. The molecule has 0 bridgehead atoms. The third-order valence-corrected chi connectivity index (χ3v) is 9.30. The van der Waals surface area contributed by atoms with Crippen molar-refractivity contribution in [2.75, 3.05) is 0 Å². The molecule has 1 atom stereocenters. The molecule has 5 nitrogen and oxygen atoms in total. The number of benzene rings is 4. The molecule has 0 aliphatic heterocycles. The lowest BCUT2D eigenvalue weighted by Crippen LogP contribution is -2.10. The molecule has 1 unspecified atom stereocenters. The monoisotopic (exact) mass is 576 g/mol. The van der Waals surface area contributed by atoms with Crippen molar-refractivity contribution < 1.29 is 4.42 Å². The highest BCUT2D eigenvalue weighted by Crippen LogP contribution is 2.48. The van der Waals surface area contributed by atoms with Gasteiger partial charge in [-0.3, -0.25) is 4.98 Å². The zero-order valence-electron chi connectivity index (χ0n) is 24.1. The molecule has 0 N–H and O–H groups in total. The maximum atomic E-state index is 6.18. The Balaban J connectivity index is 1.20. The minimum atomic E-state index is 0.306. The van der Waals surface area contributed by atoms with Crippen LogP contribution >= 0.6 is 0 Å². The molecule has 0 saturated carbocycles. The van der Waals surface area contributed by atoms with Crippen LogP contribution in [0.5, 0.6) is 0 Å². The molecule has 3 aliphatic carbocycles. The maximum Gasteiger partial charge on any atom is 0.166 e. The summed E-state index contributed by atoms with van der Waals surface area (Å²) in [5.41, 5.74) is 10.7. The first kappa shape index (κ1) is 24.5. The largest absolute Gasteiger partial charge is 0.454 e. The smallest absolute Gasteiger partial charge is 0.166 e. The molecule has 3 aromatic heterocycles. The molecule has 4 aromatic carbocycles. The highest BCUT2D eigenvalue weighted by atomic mass is 16.3. The molecule has 0 saturated heterocycles. The molecular formula is C40H24N4O. The van der Waals surface area contributed by atoms with Gasteiger partial charge < -0.3 is 4.42 Å². The van der Waals surface area contributed by atoms with Gasteiger partial charge in [0, 0.05) is 34.0 Å². The van der Waals surface area contributed by atoms with E-state index in [0.29, 0.717) is 29.0 Å². The Bertz CT molecular complexity index is 2530. The van der Waals surface area contributed by atoms with Crippen LogP contribution in [0.3, 0.4) is 0 Å². The van der Waals surface area contributed by atoms with E-state index >= 15 is 0 Å². The normalized spacial score (nSPS) is 16.2. The van der Waals surface area contributed by atoms with Crippen LogP contribution in [0.1, 0.15) is 12.2 Å². The SMILES string of the molecule is C1=CC2=CC=C(c3nc(-c4ccc5c(c4)-c4cccc6cccc-5c46)nc(-c4cncc5oc6ccccc6c45)n3)CC2C=C1. The molecule has 45 heavy (non-hydrogen) atoms. The van der Waals surface area contributed by atoms with E-state index in [4.69, 9.17) is 19.4 Å². The van der Waals surface area contributed by atoms with E-state index in [1.54, 1.807) is 6.20 Å². The number of rotatable bonds is 3. The lowest BCUT2D eigenvalue weighted by Gasteiger charge is -2.22. The van der Waals surface area contributed by atoms with Crippen LogP contribution in [0, 0.1) is 5.92 Å². The van der Waals surface area contributed by atoms with Gasteiger partial charge in [0.05, 0.1) is 6.20 Å². The van der Waals surface area contributed by atoms with Crippen LogP contribution in [-0.2, 0) is 0 Å². The summed E-state index contributed by atoms with van der Waals surface area (Å²) in [7, 11) is 0. The molecule has 5 heteroatoms. The summed E-state index contributed by atoms with van der Waals surface area (Å²) in [5.74, 6) is 2.21. The number of hydrogen-bond donors (Lipinski definition) is 0. The van der Waals surface area contributed by atoms with Gasteiger partial charge in [-0.05, 0) is 62.7 Å². The summed E-state index contributed by atoms with van der Waals surface area (Å²) in [4.78, 5) is 19.9. The summed E-state index contributed by atoms with van der Waals surface area (Å²) in [6.45, 7) is 0. The van der Waals surface area contributed by atoms with Crippen LogP contribution in [0.4, 0.5) is 0 Å². The topological polar surface area (TPSA) is 64.7 Å². The lowest BCUT2D eigenvalue weighted by atomic mass is 9.84. The fourth-order valence-corrected chi connectivity index (χ4v) is 7.18. The fraction of sp³-hybridized carbons (Fsp3) is 0.0500. The Kier molecular flexibility index (Phi) is 5.05. The molecule has 0 amide bonds. The number of allylic oxidation sites excluding steroid dienone is 8. The first-order valence-electron chi connectivity index (χ1n) is 15.2. The van der Waals surface area contributed by atoms with E-state index in [0.717, 1.165) is 39.5 Å². The molecule has 7 aromatic rings. The van der Waals surface area contributed by atoms with Gasteiger partial charge in [0.2, 0.25) is 0 Å². The number of fused-ring (bicyclic) bond motifs is 7. The second kappa shape index (κ2) is 9.28. The van der Waals surface area contributed by atoms with Gasteiger partial charge in [-0.1, -0.05) is 103 Å². The van der Waals surface area contributed by atoms with Gasteiger partial charge >= 0.3 is 0 Å². The standard InChI is InChI=1S/C40H24N4O/c1-2-8-25-19-26(16-15-23(25)7-1)38-42-39(27-17-18-28-29-12-5-9-24-10-6-13-30(36(24)29)32(28)20-27)44-40(43-38)33-21-41-22-35-37(33)31-11-3-4-14-34(31)45-35/h1-18,20-22,25H,19H2. The second-order valence-corrected chi connectivity index (χ2v) is 11.8. The van der Waals surface area contributed by atoms with Crippen molar-refractivity contribution in [3.63, 3.8) is 0 Å². The highest BCUT2D eigenvalue weighted by molar-refractivity contribution is 6.15. The van der Waals surface area contributed by atoms with Crippen molar-refractivity contribution in [1.29, 1.82) is 0 Å². The highest BCUT2D eigenvalue weighted by Gasteiger charge is 2.25. The minimum Gasteiger partial charge on any atom is -0.454 e. The van der Waals surface area contributed by atoms with Crippen LogP contribution < -0.4 is 0 Å². The van der Waals surface area contributed by atoms with Crippen LogP contribution in [0.2, 0.25) is 0 Å². The summed E-state index contributed by atoms with van der Waals surface area (Å²) in [6.07, 6.45) is 17.4. The van der Waals surface area contributed by atoms with Crippen molar-refractivity contribution in [1.82, 2.24) is 19.9 Å². The minimum absolute atomic E-state index is 0.306. The molecule has 210 valence electrons. The zero-order chi connectivity index (χ0) is 29.5. The van der Waals surface area contributed by atoms with Crippen LogP contribution in [-0.4, -0.2) is 19.9 Å². The van der Waals surface area contributed by atoms with E-state index in [9.17, 15) is 0 Å². The van der Waals surface area contributed by atoms with E-state index < -0.39 is 0 Å². The number of furan rings is 1. The Hall–Kier alpha value is -5.94. The predicted octanol–water partition coefficient (Wildman–Crippen LogP) is 9.76. The van der Waals surface area contributed by atoms with Crippen molar-refractivity contribution in [2.45, 2.75) is 6.42 Å². The fourth-order valence-electron chi connectivity index (χ4n) is 7.18. The molecule has 3 heterocycles. The maximum absolute atomic E-state index is 6.18. The van der Waals surface area contributed by atoms with Gasteiger partial charge in [0.25, 0.3) is 0 Å². The average molecular weight is 577 g/mol. The molecule has 0 radical (unpaired) electrons. The van der Waals surface area contributed by atoms with Gasteiger partial charge in [-0.15, -0.1) is 0 Å². The molecule has 3 aliphatic rings. The Morgan fingerprint density at radius 3 is 2.40 bits per heavy atom. The first-order chi connectivity index (χ1) is 22.3. The third-order valence-electron chi connectivity index (χ3n) is 9.30. The number of nitrogens with zero attached hydrogens (tertiary/aromatic N) is 4. The Labute approximate surface area is 258 Å².